The van der Waals surface area contributed by atoms with Crippen LogP contribution >= 0.6 is 0 Å². The third kappa shape index (κ3) is 5.69. The average Bonchev–Trinajstić information content (AvgIpc) is 3.09. The fourth-order valence-corrected chi connectivity index (χ4v) is 4.77. The van der Waals surface area contributed by atoms with E-state index in [1.165, 1.54) is 18.1 Å². The molecule has 41 heavy (non-hydrogen) atoms. The minimum absolute atomic E-state index is 0.134. The van der Waals surface area contributed by atoms with Gasteiger partial charge in [0.15, 0.2) is 6.04 Å². The summed E-state index contributed by atoms with van der Waals surface area (Å²) in [5.74, 6) is -1.96. The van der Waals surface area contributed by atoms with Gasteiger partial charge in [-0.1, -0.05) is 72.8 Å². The number of ether oxygens (including phenoxy) is 1. The molecule has 0 aliphatic carbocycles. The van der Waals surface area contributed by atoms with E-state index < -0.39 is 35.9 Å². The molecule has 0 fully saturated rings. The number of aryl methyl sites for hydroxylation is 1. The van der Waals surface area contributed by atoms with Crippen LogP contribution < -0.4 is 15.5 Å². The molecule has 0 saturated heterocycles. The summed E-state index contributed by atoms with van der Waals surface area (Å²) in [5, 5.41) is 5.33. The third-order valence-corrected chi connectivity index (χ3v) is 6.62. The number of benzene rings is 4. The second kappa shape index (κ2) is 11.8. The standard InChI is InChI=1S/C32H27FN4O4/c1-20-11-10-14-22(19-20)34-32(40)36-29-30(38)37(28(31(39)41-2)21-12-4-3-5-13-21)26-18-9-7-16-24(26)27(35-29)23-15-6-8-17-25(23)33/h3-19,28-29H,1-2H3,(H2,34,36,40). The van der Waals surface area contributed by atoms with Crippen LogP contribution in [0.25, 0.3) is 0 Å². The first-order chi connectivity index (χ1) is 19.9. The highest BCUT2D eigenvalue weighted by molar-refractivity contribution is 6.21. The maximum Gasteiger partial charge on any atom is 0.333 e. The van der Waals surface area contributed by atoms with Gasteiger partial charge in [0.05, 0.1) is 18.5 Å². The Morgan fingerprint density at radius 3 is 2.29 bits per heavy atom. The van der Waals surface area contributed by atoms with Crippen molar-refractivity contribution < 1.29 is 23.5 Å². The zero-order chi connectivity index (χ0) is 28.9. The summed E-state index contributed by atoms with van der Waals surface area (Å²) in [4.78, 5) is 46.6. The average molecular weight is 551 g/mol. The van der Waals surface area contributed by atoms with Gasteiger partial charge in [-0.15, -0.1) is 0 Å². The van der Waals surface area contributed by atoms with Gasteiger partial charge in [-0.05, 0) is 48.4 Å². The lowest BCUT2D eigenvalue weighted by molar-refractivity contribution is -0.143. The Hall–Kier alpha value is -5.31. The number of aliphatic imine (C=N–C) groups is 1. The molecule has 1 heterocycles. The van der Waals surface area contributed by atoms with Crippen molar-refractivity contribution in [3.05, 3.63) is 131 Å². The summed E-state index contributed by atoms with van der Waals surface area (Å²) in [7, 11) is 1.23. The largest absolute Gasteiger partial charge is 0.467 e. The van der Waals surface area contributed by atoms with E-state index in [4.69, 9.17) is 4.74 Å². The summed E-state index contributed by atoms with van der Waals surface area (Å²) in [6.07, 6.45) is -1.52. The molecule has 4 aromatic rings. The van der Waals surface area contributed by atoms with E-state index in [9.17, 15) is 14.4 Å². The Balaban J connectivity index is 1.66. The van der Waals surface area contributed by atoms with Crippen molar-refractivity contribution in [1.82, 2.24) is 5.32 Å². The van der Waals surface area contributed by atoms with E-state index in [1.54, 1.807) is 91.0 Å². The molecule has 206 valence electrons. The molecule has 0 radical (unpaired) electrons. The molecule has 5 rings (SSSR count). The van der Waals surface area contributed by atoms with Crippen molar-refractivity contribution in [3.63, 3.8) is 0 Å². The van der Waals surface area contributed by atoms with Gasteiger partial charge in [0.1, 0.15) is 5.82 Å². The highest BCUT2D eigenvalue weighted by Crippen LogP contribution is 2.35. The van der Waals surface area contributed by atoms with E-state index in [1.807, 2.05) is 13.0 Å². The predicted molar refractivity (Wildman–Crippen MR) is 154 cm³/mol. The summed E-state index contributed by atoms with van der Waals surface area (Å²) in [6, 6.07) is 26.7. The minimum Gasteiger partial charge on any atom is -0.467 e. The molecule has 8 nitrogen and oxygen atoms in total. The van der Waals surface area contributed by atoms with Gasteiger partial charge in [-0.3, -0.25) is 9.69 Å². The molecule has 2 unspecified atom stereocenters. The molecular formula is C32H27FN4O4. The van der Waals surface area contributed by atoms with E-state index in [2.05, 4.69) is 15.6 Å². The number of nitrogens with zero attached hydrogens (tertiary/aromatic N) is 2. The topological polar surface area (TPSA) is 100 Å². The Morgan fingerprint density at radius 2 is 1.59 bits per heavy atom. The highest BCUT2D eigenvalue weighted by atomic mass is 19.1. The van der Waals surface area contributed by atoms with E-state index in [0.29, 0.717) is 22.5 Å². The smallest absolute Gasteiger partial charge is 0.333 e. The molecule has 1 aliphatic rings. The van der Waals surface area contributed by atoms with Crippen LogP contribution in [-0.2, 0) is 14.3 Å². The van der Waals surface area contributed by atoms with Crippen LogP contribution in [0, 0.1) is 12.7 Å². The number of hydrogen-bond acceptors (Lipinski definition) is 5. The van der Waals surface area contributed by atoms with Gasteiger partial charge in [-0.2, -0.15) is 0 Å². The number of hydrogen-bond donors (Lipinski definition) is 2. The van der Waals surface area contributed by atoms with Crippen LogP contribution in [0.5, 0.6) is 0 Å². The van der Waals surface area contributed by atoms with Crippen LogP contribution in [0.3, 0.4) is 0 Å². The first-order valence-corrected chi connectivity index (χ1v) is 12.9. The molecule has 1 aliphatic heterocycles. The Labute approximate surface area is 236 Å². The van der Waals surface area contributed by atoms with Crippen LogP contribution in [0.1, 0.15) is 28.3 Å². The van der Waals surface area contributed by atoms with Crippen LogP contribution in [-0.4, -0.2) is 36.9 Å². The molecule has 3 amide bonds. The van der Waals surface area contributed by atoms with E-state index in [0.717, 1.165) is 5.56 Å². The highest BCUT2D eigenvalue weighted by Gasteiger charge is 2.41. The third-order valence-electron chi connectivity index (χ3n) is 6.62. The van der Waals surface area contributed by atoms with Crippen LogP contribution in [0.2, 0.25) is 0 Å². The summed E-state index contributed by atoms with van der Waals surface area (Å²) < 4.78 is 20.3. The van der Waals surface area contributed by atoms with Crippen molar-refractivity contribution >= 4 is 35.0 Å². The number of halogens is 1. The number of para-hydroxylation sites is 1. The van der Waals surface area contributed by atoms with Crippen molar-refractivity contribution in [2.75, 3.05) is 17.3 Å². The first kappa shape index (κ1) is 27.3. The monoisotopic (exact) mass is 550 g/mol. The second-order valence-electron chi connectivity index (χ2n) is 9.39. The summed E-state index contributed by atoms with van der Waals surface area (Å²) >= 11 is 0. The Kier molecular flexibility index (Phi) is 7.87. The number of nitrogens with one attached hydrogen (secondary N) is 2. The Bertz CT molecular complexity index is 1640. The van der Waals surface area contributed by atoms with Crippen molar-refractivity contribution in [2.24, 2.45) is 4.99 Å². The molecule has 0 bridgehead atoms. The predicted octanol–water partition coefficient (Wildman–Crippen LogP) is 5.38. The van der Waals surface area contributed by atoms with E-state index in [-0.39, 0.29) is 11.3 Å². The van der Waals surface area contributed by atoms with Gasteiger partial charge in [0.25, 0.3) is 5.91 Å². The van der Waals surface area contributed by atoms with Gasteiger partial charge in [-0.25, -0.2) is 19.0 Å². The number of benzodiazepines with no additional fused rings is 1. The van der Waals surface area contributed by atoms with Crippen molar-refractivity contribution in [3.8, 4) is 0 Å². The number of methoxy groups -OCH3 is 1. The number of rotatable bonds is 6. The molecule has 0 aromatic heterocycles. The number of urea groups is 1. The van der Waals surface area contributed by atoms with Crippen molar-refractivity contribution in [2.45, 2.75) is 19.1 Å². The zero-order valence-electron chi connectivity index (χ0n) is 22.4. The van der Waals surface area contributed by atoms with Crippen molar-refractivity contribution in [1.29, 1.82) is 0 Å². The number of carbonyl (C=O) groups excluding carboxylic acids is 3. The quantitative estimate of drug-likeness (QED) is 0.315. The molecule has 0 spiro atoms. The SMILES string of the molecule is COC(=O)C(c1ccccc1)N1C(=O)C(NC(=O)Nc2cccc(C)c2)N=C(c2ccccc2F)c2ccccc21. The molecule has 9 heteroatoms. The van der Waals surface area contributed by atoms with Gasteiger partial charge >= 0.3 is 12.0 Å². The normalized spacial score (nSPS) is 15.2. The summed E-state index contributed by atoms with van der Waals surface area (Å²) in [6.45, 7) is 1.88. The van der Waals surface area contributed by atoms with Gasteiger partial charge in [0, 0.05) is 16.8 Å². The lowest BCUT2D eigenvalue weighted by Gasteiger charge is -2.32. The van der Waals surface area contributed by atoms with E-state index >= 15 is 4.39 Å². The lowest BCUT2D eigenvalue weighted by Crippen LogP contribution is -2.51. The molecule has 2 N–H and O–H groups in total. The van der Waals surface area contributed by atoms with Crippen LogP contribution in [0.4, 0.5) is 20.6 Å². The Morgan fingerprint density at radius 1 is 0.902 bits per heavy atom. The fourth-order valence-electron chi connectivity index (χ4n) is 4.77. The molecule has 0 saturated carbocycles. The second-order valence-corrected chi connectivity index (χ2v) is 9.39. The number of anilines is 2. The lowest BCUT2D eigenvalue weighted by atomic mass is 9.98. The van der Waals surface area contributed by atoms with Gasteiger partial charge in [0.2, 0.25) is 6.17 Å². The molecule has 2 atom stereocenters. The number of carbonyl (C=O) groups is 3. The maximum absolute atomic E-state index is 15.2. The molecular weight excluding hydrogens is 523 g/mol. The number of fused-ring (bicyclic) bond motifs is 1. The number of amides is 3. The van der Waals surface area contributed by atoms with Gasteiger partial charge < -0.3 is 15.4 Å². The number of esters is 1. The zero-order valence-corrected chi connectivity index (χ0v) is 22.4. The summed E-state index contributed by atoms with van der Waals surface area (Å²) in [5.41, 5.74) is 2.92. The van der Waals surface area contributed by atoms with Crippen LogP contribution in [0.15, 0.2) is 108 Å². The fraction of sp³-hybridized carbons (Fsp3) is 0.125. The maximum atomic E-state index is 15.2. The first-order valence-electron chi connectivity index (χ1n) is 12.9. The minimum atomic E-state index is -1.52. The molecule has 4 aromatic carbocycles.